The standard InChI is InChI=1S/C7H6O2.C6H13N.C5H10O.C2H6.2CH4.V/c1-2-4-7-6(3-1)8-5-9-7;1-4-7(5-2)6-3;1-4(2)5(3)6;1-2;;;/h1-4H,5H2;1-2,4-6H2,3H3;4H,1-3H3;1-2H3;2*1H4;/q;-2;;;;;+2. The molecule has 159 valence electrons. The van der Waals surface area contributed by atoms with Gasteiger partial charge in [-0.05, 0) is 25.6 Å². The number of para-hydroxylation sites is 2. The van der Waals surface area contributed by atoms with Gasteiger partial charge in [-0.15, -0.1) is 13.1 Å². The first-order valence-corrected chi connectivity index (χ1v) is 8.62. The second-order valence-electron chi connectivity index (χ2n) is 5.05. The maximum absolute atomic E-state index is 10.1. The number of Topliss-reactive ketones (excluding diaryl/α,β-unsaturated/α-hetero) is 1. The third kappa shape index (κ3) is 19.6. The van der Waals surface area contributed by atoms with Gasteiger partial charge in [-0.3, -0.25) is 4.79 Å². The molecule has 0 aliphatic carbocycles. The Morgan fingerprint density at radius 1 is 1.07 bits per heavy atom. The van der Waals surface area contributed by atoms with Crippen LogP contribution in [0.4, 0.5) is 0 Å². The molecule has 0 fully saturated rings. The number of carbonyl (C=O) groups excluding carboxylic acids is 1. The SMILES string of the molecule is C.C.CC.CC(=O)C(C)C.[CH2-]CN(C[CH2-])CC.[V+2].c1ccc2c(c1)OCO2. The van der Waals surface area contributed by atoms with E-state index in [-0.39, 0.29) is 45.1 Å². The van der Waals surface area contributed by atoms with E-state index in [1.54, 1.807) is 6.92 Å². The molecular weight excluding hydrogens is 377 g/mol. The summed E-state index contributed by atoms with van der Waals surface area (Å²) in [4.78, 5) is 12.3. The van der Waals surface area contributed by atoms with Gasteiger partial charge in [0.15, 0.2) is 11.5 Å². The van der Waals surface area contributed by atoms with Crippen molar-refractivity contribution in [1.29, 1.82) is 0 Å². The molecule has 1 aliphatic rings. The first kappa shape index (κ1) is 36.9. The van der Waals surface area contributed by atoms with Crippen LogP contribution in [0.25, 0.3) is 0 Å². The fourth-order valence-corrected chi connectivity index (χ4v) is 1.27. The third-order valence-electron chi connectivity index (χ3n) is 3.17. The van der Waals surface area contributed by atoms with Gasteiger partial charge in [-0.1, -0.05) is 61.6 Å². The largest absolute Gasteiger partial charge is 2.00 e. The van der Waals surface area contributed by atoms with Crippen molar-refractivity contribution in [2.75, 3.05) is 26.4 Å². The van der Waals surface area contributed by atoms with Crippen LogP contribution in [0.1, 0.15) is 56.4 Å². The average Bonchev–Trinajstić information content (AvgIpc) is 3.08. The Kier molecular flexibility index (Phi) is 34.2. The predicted octanol–water partition coefficient (Wildman–Crippen LogP) is 5.92. The van der Waals surface area contributed by atoms with E-state index in [0.29, 0.717) is 6.79 Å². The van der Waals surface area contributed by atoms with Crippen LogP contribution in [-0.4, -0.2) is 37.1 Å². The molecule has 27 heavy (non-hydrogen) atoms. The molecule has 1 aromatic carbocycles. The monoisotopic (exact) mass is 420 g/mol. The van der Waals surface area contributed by atoms with Crippen LogP contribution in [0, 0.1) is 19.8 Å². The summed E-state index contributed by atoms with van der Waals surface area (Å²) in [5, 5.41) is 0. The normalized spacial score (nSPS) is 9.56. The Labute approximate surface area is 181 Å². The summed E-state index contributed by atoms with van der Waals surface area (Å²) >= 11 is 0. The van der Waals surface area contributed by atoms with Crippen molar-refractivity contribution in [2.45, 2.75) is 56.4 Å². The summed E-state index contributed by atoms with van der Waals surface area (Å²) in [6, 6.07) is 7.63. The van der Waals surface area contributed by atoms with Crippen molar-refractivity contribution in [2.24, 2.45) is 5.92 Å². The van der Waals surface area contributed by atoms with Crippen molar-refractivity contribution in [3.63, 3.8) is 0 Å². The maximum atomic E-state index is 10.1. The molecule has 0 amide bonds. The van der Waals surface area contributed by atoms with Crippen LogP contribution in [-0.2, 0) is 23.4 Å². The number of rotatable bonds is 4. The molecule has 1 aromatic rings. The molecular formula is C22H43NO3V. The zero-order valence-electron chi connectivity index (χ0n) is 16.7. The second-order valence-corrected chi connectivity index (χ2v) is 5.05. The molecule has 0 bridgehead atoms. The predicted molar refractivity (Wildman–Crippen MR) is 116 cm³/mol. The Balaban J connectivity index is -0.0000000831. The summed E-state index contributed by atoms with van der Waals surface area (Å²) in [5.41, 5.74) is 0. The van der Waals surface area contributed by atoms with E-state index in [4.69, 9.17) is 9.47 Å². The fraction of sp³-hybridized carbons (Fsp3) is 0.591. The smallest absolute Gasteiger partial charge is 0.454 e. The topological polar surface area (TPSA) is 38.8 Å². The molecule has 0 spiro atoms. The zero-order chi connectivity index (χ0) is 19.0. The molecule has 0 N–H and O–H groups in total. The summed E-state index contributed by atoms with van der Waals surface area (Å²) in [6.45, 7) is 22.1. The Morgan fingerprint density at radius 2 is 1.41 bits per heavy atom. The van der Waals surface area contributed by atoms with Gasteiger partial charge >= 0.3 is 18.6 Å². The molecule has 0 atom stereocenters. The van der Waals surface area contributed by atoms with E-state index in [1.165, 1.54) is 0 Å². The van der Waals surface area contributed by atoms with E-state index in [1.807, 2.05) is 52.0 Å². The molecule has 1 heterocycles. The average molecular weight is 421 g/mol. The van der Waals surface area contributed by atoms with Crippen LogP contribution in [0.5, 0.6) is 11.5 Å². The summed E-state index contributed by atoms with van der Waals surface area (Å²) in [7, 11) is 0. The molecule has 0 unspecified atom stereocenters. The number of ether oxygens (including phenoxy) is 2. The van der Waals surface area contributed by atoms with Gasteiger partial charge in [-0.25, -0.2) is 0 Å². The van der Waals surface area contributed by atoms with Crippen LogP contribution in [0.2, 0.25) is 0 Å². The third-order valence-corrected chi connectivity index (χ3v) is 3.17. The minimum Gasteiger partial charge on any atom is -0.454 e. The van der Waals surface area contributed by atoms with Crippen LogP contribution in [0.3, 0.4) is 0 Å². The fourth-order valence-electron chi connectivity index (χ4n) is 1.27. The van der Waals surface area contributed by atoms with E-state index < -0.39 is 0 Å². The van der Waals surface area contributed by atoms with E-state index in [9.17, 15) is 4.79 Å². The summed E-state index contributed by atoms with van der Waals surface area (Å²) < 4.78 is 10.2. The molecule has 0 saturated heterocycles. The molecule has 2 rings (SSSR count). The summed E-state index contributed by atoms with van der Waals surface area (Å²) in [5.74, 6) is 2.16. The van der Waals surface area contributed by atoms with E-state index in [0.717, 1.165) is 31.1 Å². The Hall–Kier alpha value is -0.966. The molecule has 1 radical (unpaired) electrons. The number of fused-ring (bicyclic) bond motifs is 1. The van der Waals surface area contributed by atoms with Crippen molar-refractivity contribution in [1.82, 2.24) is 4.90 Å². The number of hydrogen-bond donors (Lipinski definition) is 0. The first-order chi connectivity index (χ1) is 11.5. The molecule has 4 nitrogen and oxygen atoms in total. The van der Waals surface area contributed by atoms with Crippen LogP contribution < -0.4 is 9.47 Å². The van der Waals surface area contributed by atoms with E-state index in [2.05, 4.69) is 25.7 Å². The van der Waals surface area contributed by atoms with Gasteiger partial charge in [0.1, 0.15) is 5.78 Å². The number of hydrogen-bond acceptors (Lipinski definition) is 4. The van der Waals surface area contributed by atoms with Crippen LogP contribution >= 0.6 is 0 Å². The van der Waals surface area contributed by atoms with Gasteiger partial charge in [0.05, 0.1) is 0 Å². The number of carbonyl (C=O) groups is 1. The van der Waals surface area contributed by atoms with Gasteiger partial charge in [0, 0.05) is 5.92 Å². The Bertz CT molecular complexity index is 393. The second kappa shape index (κ2) is 25.0. The quantitative estimate of drug-likeness (QED) is 0.567. The van der Waals surface area contributed by atoms with Gasteiger partial charge in [0.2, 0.25) is 6.79 Å². The Morgan fingerprint density at radius 3 is 1.59 bits per heavy atom. The maximum Gasteiger partial charge on any atom is 2.00 e. The molecule has 0 saturated carbocycles. The number of benzene rings is 1. The van der Waals surface area contributed by atoms with Crippen molar-refractivity contribution < 1.29 is 32.8 Å². The van der Waals surface area contributed by atoms with Crippen molar-refractivity contribution in [3.05, 3.63) is 38.1 Å². The van der Waals surface area contributed by atoms with Gasteiger partial charge < -0.3 is 28.2 Å². The molecule has 1 aliphatic heterocycles. The van der Waals surface area contributed by atoms with Crippen molar-refractivity contribution >= 4 is 5.78 Å². The first-order valence-electron chi connectivity index (χ1n) is 8.62. The number of ketones is 1. The van der Waals surface area contributed by atoms with E-state index >= 15 is 0 Å². The van der Waals surface area contributed by atoms with Crippen LogP contribution in [0.15, 0.2) is 24.3 Å². The minimum atomic E-state index is 0. The van der Waals surface area contributed by atoms with Gasteiger partial charge in [0.25, 0.3) is 0 Å². The molecule has 5 heteroatoms. The molecule has 0 aromatic heterocycles. The zero-order valence-corrected chi connectivity index (χ0v) is 18.1. The minimum absolute atomic E-state index is 0. The van der Waals surface area contributed by atoms with Crippen molar-refractivity contribution in [3.8, 4) is 11.5 Å². The summed E-state index contributed by atoms with van der Waals surface area (Å²) in [6.07, 6.45) is 0. The van der Waals surface area contributed by atoms with Gasteiger partial charge in [-0.2, -0.15) is 0 Å². The number of nitrogens with zero attached hydrogens (tertiary/aromatic N) is 1.